The molecule has 162 valence electrons. The zero-order chi connectivity index (χ0) is 22.0. The summed E-state index contributed by atoms with van der Waals surface area (Å²) in [4.78, 5) is 9.59. The molecule has 2 heterocycles. The van der Waals surface area contributed by atoms with Crippen LogP contribution in [0.5, 0.6) is 0 Å². The fraction of sp³-hybridized carbons (Fsp3) is 0.304. The minimum absolute atomic E-state index is 0.198. The third kappa shape index (κ3) is 4.87. The van der Waals surface area contributed by atoms with Gasteiger partial charge in [0.05, 0.1) is 17.1 Å². The molecule has 8 heteroatoms. The summed E-state index contributed by atoms with van der Waals surface area (Å²) in [5.41, 5.74) is 3.63. The SMILES string of the molecule is CN(C)S(=O)N1CCC(c2cnc(-c3ccc(F)cc3)c(-c3ccc(F)cc3)n2)CC1. The Morgan fingerprint density at radius 2 is 1.42 bits per heavy atom. The maximum atomic E-state index is 13.5. The fourth-order valence-corrected chi connectivity index (χ4v) is 4.75. The van der Waals surface area contributed by atoms with Crippen molar-refractivity contribution in [1.29, 1.82) is 0 Å². The molecule has 0 N–H and O–H groups in total. The number of aromatic nitrogens is 2. The van der Waals surface area contributed by atoms with Crippen molar-refractivity contribution >= 4 is 11.2 Å². The Morgan fingerprint density at radius 3 is 1.94 bits per heavy atom. The zero-order valence-corrected chi connectivity index (χ0v) is 18.3. The molecule has 2 aromatic carbocycles. The van der Waals surface area contributed by atoms with E-state index in [0.29, 0.717) is 24.5 Å². The van der Waals surface area contributed by atoms with Crippen LogP contribution in [0.25, 0.3) is 22.5 Å². The van der Waals surface area contributed by atoms with Crippen LogP contribution in [-0.4, -0.2) is 50.0 Å². The van der Waals surface area contributed by atoms with E-state index in [4.69, 9.17) is 4.98 Å². The van der Waals surface area contributed by atoms with E-state index in [1.807, 2.05) is 4.31 Å². The van der Waals surface area contributed by atoms with Gasteiger partial charge >= 0.3 is 0 Å². The lowest BCUT2D eigenvalue weighted by Gasteiger charge is -2.32. The van der Waals surface area contributed by atoms with Gasteiger partial charge in [-0.1, -0.05) is 0 Å². The molecule has 1 aromatic heterocycles. The van der Waals surface area contributed by atoms with Crippen LogP contribution in [0.3, 0.4) is 0 Å². The van der Waals surface area contributed by atoms with Gasteiger partial charge in [-0.15, -0.1) is 0 Å². The average Bonchev–Trinajstić information content (AvgIpc) is 2.79. The molecule has 4 rings (SSSR count). The first-order valence-corrected chi connectivity index (χ1v) is 11.2. The van der Waals surface area contributed by atoms with E-state index >= 15 is 0 Å². The number of benzene rings is 2. The Kier molecular flexibility index (Phi) is 6.50. The molecule has 5 nitrogen and oxygen atoms in total. The van der Waals surface area contributed by atoms with Crippen molar-refractivity contribution in [3.05, 3.63) is 72.1 Å². The number of hydrogen-bond acceptors (Lipinski definition) is 3. The van der Waals surface area contributed by atoms with Crippen LogP contribution in [0.4, 0.5) is 8.78 Å². The number of rotatable bonds is 5. The van der Waals surface area contributed by atoms with Crippen molar-refractivity contribution in [2.24, 2.45) is 0 Å². The normalized spacial score (nSPS) is 16.5. The van der Waals surface area contributed by atoms with Gasteiger partial charge in [0.2, 0.25) is 0 Å². The number of nitrogens with zero attached hydrogens (tertiary/aromatic N) is 4. The predicted molar refractivity (Wildman–Crippen MR) is 118 cm³/mol. The van der Waals surface area contributed by atoms with Crippen LogP contribution in [0, 0.1) is 11.6 Å². The minimum atomic E-state index is -1.13. The van der Waals surface area contributed by atoms with Crippen molar-refractivity contribution in [2.45, 2.75) is 18.8 Å². The van der Waals surface area contributed by atoms with E-state index in [9.17, 15) is 13.0 Å². The van der Waals surface area contributed by atoms with Gasteiger partial charge in [-0.25, -0.2) is 26.6 Å². The summed E-state index contributed by atoms with van der Waals surface area (Å²) >= 11 is -1.13. The van der Waals surface area contributed by atoms with Gasteiger partial charge in [0.1, 0.15) is 11.6 Å². The lowest BCUT2D eigenvalue weighted by Crippen LogP contribution is -2.39. The van der Waals surface area contributed by atoms with Crippen LogP contribution in [-0.2, 0) is 11.2 Å². The summed E-state index contributed by atoms with van der Waals surface area (Å²) in [6.07, 6.45) is 3.43. The lowest BCUT2D eigenvalue weighted by atomic mass is 9.94. The molecule has 0 saturated carbocycles. The van der Waals surface area contributed by atoms with E-state index in [0.717, 1.165) is 29.7 Å². The second-order valence-electron chi connectivity index (χ2n) is 7.75. The van der Waals surface area contributed by atoms with Gasteiger partial charge < -0.3 is 0 Å². The quantitative estimate of drug-likeness (QED) is 0.588. The highest BCUT2D eigenvalue weighted by Gasteiger charge is 2.26. The molecule has 1 atom stereocenters. The molecule has 3 aromatic rings. The van der Waals surface area contributed by atoms with E-state index in [1.54, 1.807) is 48.9 Å². The number of hydrogen-bond donors (Lipinski definition) is 0. The molecule has 0 bridgehead atoms. The predicted octanol–water partition coefficient (Wildman–Crippen LogP) is 4.41. The summed E-state index contributed by atoms with van der Waals surface area (Å²) in [6, 6.07) is 12.3. The summed E-state index contributed by atoms with van der Waals surface area (Å²) < 4.78 is 42.9. The Morgan fingerprint density at radius 1 is 0.903 bits per heavy atom. The molecule has 1 aliphatic heterocycles. The highest BCUT2D eigenvalue weighted by atomic mass is 32.2. The average molecular weight is 443 g/mol. The lowest BCUT2D eigenvalue weighted by molar-refractivity contribution is 0.319. The molecule has 0 spiro atoms. The van der Waals surface area contributed by atoms with Crippen molar-refractivity contribution in [3.63, 3.8) is 0 Å². The van der Waals surface area contributed by atoms with Crippen molar-refractivity contribution < 1.29 is 13.0 Å². The van der Waals surface area contributed by atoms with Crippen molar-refractivity contribution in [1.82, 2.24) is 18.6 Å². The first-order chi connectivity index (χ1) is 14.9. The third-order valence-electron chi connectivity index (χ3n) is 5.43. The van der Waals surface area contributed by atoms with Crippen LogP contribution < -0.4 is 0 Å². The summed E-state index contributed by atoms with van der Waals surface area (Å²) in [6.45, 7) is 1.42. The molecule has 1 fully saturated rings. The molecular weight excluding hydrogens is 418 g/mol. The summed E-state index contributed by atoms with van der Waals surface area (Å²) in [5.74, 6) is -0.444. The molecule has 1 unspecified atom stereocenters. The topological polar surface area (TPSA) is 49.3 Å². The van der Waals surface area contributed by atoms with Gasteiger partial charge in [-0.2, -0.15) is 0 Å². The van der Waals surface area contributed by atoms with Gasteiger partial charge in [0, 0.05) is 50.4 Å². The Balaban J connectivity index is 1.66. The Labute approximate surface area is 183 Å². The second-order valence-corrected chi connectivity index (χ2v) is 9.46. The van der Waals surface area contributed by atoms with Crippen LogP contribution >= 0.6 is 0 Å². The minimum Gasteiger partial charge on any atom is -0.252 e. The first-order valence-electron chi connectivity index (χ1n) is 10.2. The van der Waals surface area contributed by atoms with Gasteiger partial charge in [-0.3, -0.25) is 4.98 Å². The second kappa shape index (κ2) is 9.30. The monoisotopic (exact) mass is 442 g/mol. The molecule has 0 amide bonds. The Bertz CT molecular complexity index is 1070. The van der Waals surface area contributed by atoms with E-state index < -0.39 is 11.2 Å². The third-order valence-corrected chi connectivity index (χ3v) is 6.86. The van der Waals surface area contributed by atoms with Crippen LogP contribution in [0.2, 0.25) is 0 Å². The Hall–Kier alpha value is -2.55. The van der Waals surface area contributed by atoms with Gasteiger partial charge in [0.15, 0.2) is 11.2 Å². The molecular formula is C23H24F2N4OS. The summed E-state index contributed by atoms with van der Waals surface area (Å²) in [5, 5.41) is 0. The molecule has 0 radical (unpaired) electrons. The highest BCUT2D eigenvalue weighted by molar-refractivity contribution is 7.80. The maximum absolute atomic E-state index is 13.5. The molecule has 1 saturated heterocycles. The van der Waals surface area contributed by atoms with E-state index in [1.165, 1.54) is 24.3 Å². The van der Waals surface area contributed by atoms with E-state index in [2.05, 4.69) is 4.98 Å². The van der Waals surface area contributed by atoms with Gasteiger partial charge in [0.25, 0.3) is 0 Å². The standard InChI is InChI=1S/C23H24F2N4OS/c1-28(2)31(30)29-13-11-16(12-14-29)21-15-26-22(17-3-7-19(24)8-4-17)23(27-21)18-5-9-20(25)10-6-18/h3-10,15-16H,11-14H2,1-2H3. The number of piperidine rings is 1. The highest BCUT2D eigenvalue weighted by Crippen LogP contribution is 2.33. The fourth-order valence-electron chi connectivity index (χ4n) is 3.77. The zero-order valence-electron chi connectivity index (χ0n) is 17.5. The molecule has 31 heavy (non-hydrogen) atoms. The van der Waals surface area contributed by atoms with Crippen LogP contribution in [0.15, 0.2) is 54.7 Å². The molecule has 0 aliphatic carbocycles. The van der Waals surface area contributed by atoms with Gasteiger partial charge in [-0.05, 0) is 61.4 Å². The maximum Gasteiger partial charge on any atom is 0.172 e. The largest absolute Gasteiger partial charge is 0.252 e. The summed E-state index contributed by atoms with van der Waals surface area (Å²) in [7, 11) is 3.60. The van der Waals surface area contributed by atoms with Crippen LogP contribution in [0.1, 0.15) is 24.5 Å². The first kappa shape index (κ1) is 21.7. The number of halogens is 2. The molecule has 1 aliphatic rings. The van der Waals surface area contributed by atoms with Crippen molar-refractivity contribution in [3.8, 4) is 22.5 Å². The van der Waals surface area contributed by atoms with Crippen molar-refractivity contribution in [2.75, 3.05) is 27.2 Å². The smallest absolute Gasteiger partial charge is 0.172 e. The van der Waals surface area contributed by atoms with E-state index in [-0.39, 0.29) is 17.6 Å².